The maximum Gasteiger partial charge on any atom is 0.0409 e. The van der Waals surface area contributed by atoms with Crippen molar-refractivity contribution >= 4 is 11.6 Å². The minimum atomic E-state index is 0.302. The van der Waals surface area contributed by atoms with Crippen LogP contribution >= 0.6 is 11.6 Å². The Morgan fingerprint density at radius 3 is 2.74 bits per heavy atom. The zero-order valence-corrected chi connectivity index (χ0v) is 13.0. The fourth-order valence-corrected chi connectivity index (χ4v) is 2.71. The van der Waals surface area contributed by atoms with E-state index in [4.69, 9.17) is 11.6 Å². The highest BCUT2D eigenvalue weighted by atomic mass is 35.5. The molecule has 0 aromatic heterocycles. The number of rotatable bonds is 7. The van der Waals surface area contributed by atoms with Crippen molar-refractivity contribution in [2.75, 3.05) is 20.1 Å². The van der Waals surface area contributed by atoms with E-state index in [9.17, 15) is 0 Å². The van der Waals surface area contributed by atoms with Gasteiger partial charge in [0.2, 0.25) is 0 Å². The third kappa shape index (κ3) is 5.52. The second kappa shape index (κ2) is 6.25. The van der Waals surface area contributed by atoms with Crippen LogP contribution in [-0.2, 0) is 6.54 Å². The van der Waals surface area contributed by atoms with Crippen molar-refractivity contribution in [3.8, 4) is 0 Å². The Balaban J connectivity index is 1.80. The van der Waals surface area contributed by atoms with Gasteiger partial charge in [-0.1, -0.05) is 37.6 Å². The molecule has 0 amide bonds. The third-order valence-corrected chi connectivity index (χ3v) is 3.72. The van der Waals surface area contributed by atoms with E-state index >= 15 is 0 Å². The van der Waals surface area contributed by atoms with E-state index in [1.807, 2.05) is 18.2 Å². The zero-order chi connectivity index (χ0) is 13.9. The van der Waals surface area contributed by atoms with E-state index in [2.05, 4.69) is 37.2 Å². The molecule has 0 heterocycles. The van der Waals surface area contributed by atoms with Crippen LogP contribution in [0.15, 0.2) is 24.3 Å². The van der Waals surface area contributed by atoms with Crippen molar-refractivity contribution in [1.82, 2.24) is 10.2 Å². The van der Waals surface area contributed by atoms with E-state index in [0.29, 0.717) is 5.41 Å². The number of hydrogen-bond donors (Lipinski definition) is 1. The first-order valence-corrected chi connectivity index (χ1v) is 7.49. The highest BCUT2D eigenvalue weighted by Crippen LogP contribution is 2.23. The highest BCUT2D eigenvalue weighted by Gasteiger charge is 2.26. The Bertz CT molecular complexity index is 413. The molecule has 1 N–H and O–H groups in total. The summed E-state index contributed by atoms with van der Waals surface area (Å²) in [4.78, 5) is 2.38. The molecule has 1 aromatic rings. The van der Waals surface area contributed by atoms with Gasteiger partial charge in [-0.05, 0) is 43.0 Å². The van der Waals surface area contributed by atoms with Gasteiger partial charge >= 0.3 is 0 Å². The number of benzene rings is 1. The van der Waals surface area contributed by atoms with Crippen LogP contribution in [0.4, 0.5) is 0 Å². The lowest BCUT2D eigenvalue weighted by Gasteiger charge is -2.30. The van der Waals surface area contributed by atoms with Crippen LogP contribution in [0.5, 0.6) is 0 Å². The highest BCUT2D eigenvalue weighted by molar-refractivity contribution is 6.30. The molecule has 0 spiro atoms. The maximum absolute atomic E-state index is 6.02. The van der Waals surface area contributed by atoms with Crippen molar-refractivity contribution in [2.45, 2.75) is 39.3 Å². The van der Waals surface area contributed by atoms with Gasteiger partial charge in [-0.2, -0.15) is 0 Å². The fraction of sp³-hybridized carbons (Fsp3) is 0.625. The second-order valence-electron chi connectivity index (χ2n) is 6.62. The van der Waals surface area contributed by atoms with Gasteiger partial charge in [0.05, 0.1) is 0 Å². The first-order valence-electron chi connectivity index (χ1n) is 7.11. The minimum absolute atomic E-state index is 0.302. The molecular formula is C16H25ClN2. The summed E-state index contributed by atoms with van der Waals surface area (Å²) in [5, 5.41) is 4.45. The summed E-state index contributed by atoms with van der Waals surface area (Å²) in [5.41, 5.74) is 1.58. The Kier molecular flexibility index (Phi) is 4.88. The average Bonchev–Trinajstić information content (AvgIpc) is 3.09. The van der Waals surface area contributed by atoms with Gasteiger partial charge in [0.15, 0.2) is 0 Å². The predicted molar refractivity (Wildman–Crippen MR) is 82.6 cm³/mol. The molecule has 0 aliphatic heterocycles. The SMILES string of the molecule is CN(Cc1cccc(Cl)c1)CC(C)(C)CNC1CC1. The quantitative estimate of drug-likeness (QED) is 0.822. The maximum atomic E-state index is 6.02. The normalized spacial score (nSPS) is 16.1. The monoisotopic (exact) mass is 280 g/mol. The van der Waals surface area contributed by atoms with Crippen molar-refractivity contribution in [3.05, 3.63) is 34.9 Å². The molecule has 0 bridgehead atoms. The van der Waals surface area contributed by atoms with Crippen LogP contribution in [0.25, 0.3) is 0 Å². The summed E-state index contributed by atoms with van der Waals surface area (Å²) in [6.45, 7) is 7.79. The van der Waals surface area contributed by atoms with E-state index in [-0.39, 0.29) is 0 Å². The van der Waals surface area contributed by atoms with Gasteiger partial charge in [0.25, 0.3) is 0 Å². The number of nitrogens with zero attached hydrogens (tertiary/aromatic N) is 1. The molecule has 1 aliphatic rings. The van der Waals surface area contributed by atoms with Gasteiger partial charge in [0.1, 0.15) is 0 Å². The van der Waals surface area contributed by atoms with E-state index < -0.39 is 0 Å². The summed E-state index contributed by atoms with van der Waals surface area (Å²) >= 11 is 6.02. The van der Waals surface area contributed by atoms with Crippen LogP contribution in [0.1, 0.15) is 32.3 Å². The minimum Gasteiger partial charge on any atom is -0.313 e. The lowest BCUT2D eigenvalue weighted by Crippen LogP contribution is -2.39. The Morgan fingerprint density at radius 1 is 1.37 bits per heavy atom. The zero-order valence-electron chi connectivity index (χ0n) is 12.2. The van der Waals surface area contributed by atoms with Crippen LogP contribution < -0.4 is 5.32 Å². The molecule has 0 radical (unpaired) electrons. The second-order valence-corrected chi connectivity index (χ2v) is 7.06. The topological polar surface area (TPSA) is 15.3 Å². The molecule has 1 saturated carbocycles. The number of hydrogen-bond acceptors (Lipinski definition) is 2. The van der Waals surface area contributed by atoms with Crippen LogP contribution in [0.3, 0.4) is 0 Å². The van der Waals surface area contributed by atoms with Crippen LogP contribution in [0, 0.1) is 5.41 Å². The van der Waals surface area contributed by atoms with Gasteiger partial charge in [-0.25, -0.2) is 0 Å². The van der Waals surface area contributed by atoms with Gasteiger partial charge < -0.3 is 10.2 Å². The molecule has 1 fully saturated rings. The molecule has 0 unspecified atom stereocenters. The number of nitrogens with one attached hydrogen (secondary N) is 1. The standard InChI is InChI=1S/C16H25ClN2/c1-16(2,11-18-15-7-8-15)12-19(3)10-13-5-4-6-14(17)9-13/h4-6,9,15,18H,7-8,10-12H2,1-3H3. The van der Waals surface area contributed by atoms with E-state index in [0.717, 1.165) is 30.7 Å². The number of halogens is 1. The third-order valence-electron chi connectivity index (χ3n) is 3.49. The molecule has 19 heavy (non-hydrogen) atoms. The molecule has 0 atom stereocenters. The summed E-state index contributed by atoms with van der Waals surface area (Å²) < 4.78 is 0. The first-order chi connectivity index (χ1) is 8.94. The molecule has 2 nitrogen and oxygen atoms in total. The van der Waals surface area contributed by atoms with Gasteiger partial charge in [-0.3, -0.25) is 0 Å². The van der Waals surface area contributed by atoms with Gasteiger partial charge in [-0.15, -0.1) is 0 Å². The van der Waals surface area contributed by atoms with Crippen molar-refractivity contribution in [3.63, 3.8) is 0 Å². The summed E-state index contributed by atoms with van der Waals surface area (Å²) in [6.07, 6.45) is 2.71. The molecular weight excluding hydrogens is 256 g/mol. The van der Waals surface area contributed by atoms with Gasteiger partial charge in [0, 0.05) is 30.7 Å². The van der Waals surface area contributed by atoms with Crippen LogP contribution in [-0.4, -0.2) is 31.1 Å². The smallest absolute Gasteiger partial charge is 0.0409 e. The van der Waals surface area contributed by atoms with E-state index in [1.54, 1.807) is 0 Å². The van der Waals surface area contributed by atoms with Crippen molar-refractivity contribution in [1.29, 1.82) is 0 Å². The molecule has 0 saturated heterocycles. The Morgan fingerprint density at radius 2 is 2.11 bits per heavy atom. The largest absolute Gasteiger partial charge is 0.313 e. The van der Waals surface area contributed by atoms with Crippen LogP contribution in [0.2, 0.25) is 5.02 Å². The lowest BCUT2D eigenvalue weighted by molar-refractivity contribution is 0.198. The van der Waals surface area contributed by atoms with Crippen molar-refractivity contribution < 1.29 is 0 Å². The average molecular weight is 281 g/mol. The first kappa shape index (κ1) is 14.8. The Hall–Kier alpha value is -0.570. The Labute approximate surface area is 122 Å². The molecule has 1 aliphatic carbocycles. The molecule has 106 valence electrons. The fourth-order valence-electron chi connectivity index (χ4n) is 2.50. The summed E-state index contributed by atoms with van der Waals surface area (Å²) in [5.74, 6) is 0. The lowest BCUT2D eigenvalue weighted by atomic mass is 9.92. The molecule has 3 heteroatoms. The molecule has 1 aromatic carbocycles. The summed E-state index contributed by atoms with van der Waals surface area (Å²) in [7, 11) is 2.18. The molecule has 2 rings (SSSR count). The summed E-state index contributed by atoms with van der Waals surface area (Å²) in [6, 6.07) is 8.92. The van der Waals surface area contributed by atoms with Crippen molar-refractivity contribution in [2.24, 2.45) is 5.41 Å². The predicted octanol–water partition coefficient (Wildman–Crippen LogP) is 3.55. The van der Waals surface area contributed by atoms with E-state index in [1.165, 1.54) is 18.4 Å².